The van der Waals surface area contributed by atoms with E-state index in [1.807, 2.05) is 24.3 Å². The number of hydrogen-bond acceptors (Lipinski definition) is 3. The molecule has 0 aliphatic carbocycles. The standard InChI is InChI=1S/C8H13N3/c9-5-4-7-2-1-3-8(6-7)11-10/h1-3,6,11H,4-5,9-10H2. The van der Waals surface area contributed by atoms with Gasteiger partial charge in [-0.1, -0.05) is 12.1 Å². The largest absolute Gasteiger partial charge is 0.330 e. The van der Waals surface area contributed by atoms with E-state index in [-0.39, 0.29) is 0 Å². The fraction of sp³-hybridized carbons (Fsp3) is 0.250. The number of hydrogen-bond donors (Lipinski definition) is 3. The maximum Gasteiger partial charge on any atom is 0.0487 e. The molecule has 1 rings (SSSR count). The van der Waals surface area contributed by atoms with Crippen molar-refractivity contribution in [3.05, 3.63) is 29.8 Å². The number of benzene rings is 1. The van der Waals surface area contributed by atoms with Gasteiger partial charge in [-0.3, -0.25) is 5.84 Å². The molecule has 3 nitrogen and oxygen atoms in total. The first-order valence-electron chi connectivity index (χ1n) is 3.62. The summed E-state index contributed by atoms with van der Waals surface area (Å²) in [4.78, 5) is 0. The van der Waals surface area contributed by atoms with Crippen molar-refractivity contribution in [2.75, 3.05) is 12.0 Å². The van der Waals surface area contributed by atoms with Crippen LogP contribution in [0.5, 0.6) is 0 Å². The highest BCUT2D eigenvalue weighted by Crippen LogP contribution is 2.08. The van der Waals surface area contributed by atoms with Crippen LogP contribution >= 0.6 is 0 Å². The molecule has 0 unspecified atom stereocenters. The number of hydrazine groups is 1. The summed E-state index contributed by atoms with van der Waals surface area (Å²) in [5.74, 6) is 5.23. The summed E-state index contributed by atoms with van der Waals surface area (Å²) < 4.78 is 0. The van der Waals surface area contributed by atoms with Crippen molar-refractivity contribution in [1.29, 1.82) is 0 Å². The van der Waals surface area contributed by atoms with Gasteiger partial charge in [0.25, 0.3) is 0 Å². The van der Waals surface area contributed by atoms with Crippen LogP contribution in [0.2, 0.25) is 0 Å². The molecule has 0 bridgehead atoms. The molecule has 0 heterocycles. The van der Waals surface area contributed by atoms with E-state index in [4.69, 9.17) is 11.6 Å². The summed E-state index contributed by atoms with van der Waals surface area (Å²) in [7, 11) is 0. The first-order valence-corrected chi connectivity index (χ1v) is 3.62. The molecule has 0 atom stereocenters. The predicted molar refractivity (Wildman–Crippen MR) is 47.0 cm³/mol. The minimum Gasteiger partial charge on any atom is -0.330 e. The van der Waals surface area contributed by atoms with Gasteiger partial charge in [0.05, 0.1) is 0 Å². The molecule has 0 saturated heterocycles. The molecule has 5 N–H and O–H groups in total. The average Bonchev–Trinajstić information content (AvgIpc) is 2.06. The first kappa shape index (κ1) is 8.04. The summed E-state index contributed by atoms with van der Waals surface area (Å²) >= 11 is 0. The van der Waals surface area contributed by atoms with Gasteiger partial charge in [0, 0.05) is 5.69 Å². The molecule has 0 aromatic heterocycles. The SMILES string of the molecule is NCCc1cccc(NN)c1. The highest BCUT2D eigenvalue weighted by atomic mass is 15.2. The van der Waals surface area contributed by atoms with E-state index in [0.29, 0.717) is 6.54 Å². The van der Waals surface area contributed by atoms with E-state index in [1.54, 1.807) is 0 Å². The molecule has 0 amide bonds. The van der Waals surface area contributed by atoms with Crippen molar-refractivity contribution in [2.45, 2.75) is 6.42 Å². The van der Waals surface area contributed by atoms with Gasteiger partial charge in [0.15, 0.2) is 0 Å². The second kappa shape index (κ2) is 3.95. The molecule has 0 saturated carbocycles. The van der Waals surface area contributed by atoms with E-state index in [9.17, 15) is 0 Å². The lowest BCUT2D eigenvalue weighted by Crippen LogP contribution is -2.07. The molecular formula is C8H13N3. The molecule has 11 heavy (non-hydrogen) atoms. The van der Waals surface area contributed by atoms with Gasteiger partial charge in [-0.15, -0.1) is 0 Å². The van der Waals surface area contributed by atoms with Crippen LogP contribution in [0.25, 0.3) is 0 Å². The highest BCUT2D eigenvalue weighted by Gasteiger charge is 1.91. The number of nitrogens with one attached hydrogen (secondary N) is 1. The smallest absolute Gasteiger partial charge is 0.0487 e. The van der Waals surface area contributed by atoms with Crippen LogP contribution in [-0.4, -0.2) is 6.54 Å². The Morgan fingerprint density at radius 3 is 2.82 bits per heavy atom. The van der Waals surface area contributed by atoms with Crippen molar-refractivity contribution >= 4 is 5.69 Å². The zero-order valence-corrected chi connectivity index (χ0v) is 6.38. The summed E-state index contributed by atoms with van der Waals surface area (Å²) in [5.41, 5.74) is 10.1. The van der Waals surface area contributed by atoms with Crippen molar-refractivity contribution in [3.8, 4) is 0 Å². The number of nitrogens with two attached hydrogens (primary N) is 2. The summed E-state index contributed by atoms with van der Waals surface area (Å²) in [6.45, 7) is 0.675. The quantitative estimate of drug-likeness (QED) is 0.434. The molecule has 1 aromatic rings. The Morgan fingerprint density at radius 2 is 2.18 bits per heavy atom. The third kappa shape index (κ3) is 2.22. The zero-order valence-electron chi connectivity index (χ0n) is 6.38. The highest BCUT2D eigenvalue weighted by molar-refractivity contribution is 5.44. The summed E-state index contributed by atoms with van der Waals surface area (Å²) in [6, 6.07) is 7.90. The normalized spacial score (nSPS) is 9.64. The average molecular weight is 151 g/mol. The van der Waals surface area contributed by atoms with E-state index in [1.165, 1.54) is 5.56 Å². The molecular weight excluding hydrogens is 138 g/mol. The molecule has 0 aliphatic heterocycles. The molecule has 1 aromatic carbocycles. The lowest BCUT2D eigenvalue weighted by Gasteiger charge is -2.02. The first-order chi connectivity index (χ1) is 5.36. The fourth-order valence-electron chi connectivity index (χ4n) is 0.983. The summed E-state index contributed by atoms with van der Waals surface area (Å²) in [5, 5.41) is 0. The number of rotatable bonds is 3. The monoisotopic (exact) mass is 151 g/mol. The molecule has 0 aliphatic rings. The second-order valence-corrected chi connectivity index (χ2v) is 2.38. The van der Waals surface area contributed by atoms with Gasteiger partial charge in [-0.05, 0) is 30.7 Å². The Bertz CT molecular complexity index is 222. The summed E-state index contributed by atoms with van der Waals surface area (Å²) in [6.07, 6.45) is 0.898. The Balaban J connectivity index is 2.74. The minimum absolute atomic E-state index is 0.675. The third-order valence-corrected chi connectivity index (χ3v) is 1.53. The molecule has 0 spiro atoms. The van der Waals surface area contributed by atoms with Crippen LogP contribution in [0.1, 0.15) is 5.56 Å². The molecule has 0 radical (unpaired) electrons. The topological polar surface area (TPSA) is 64.1 Å². The van der Waals surface area contributed by atoms with Crippen LogP contribution in [-0.2, 0) is 6.42 Å². The molecule has 0 fully saturated rings. The molecule has 3 heteroatoms. The van der Waals surface area contributed by atoms with Crippen molar-refractivity contribution < 1.29 is 0 Å². The number of nitrogen functional groups attached to an aromatic ring is 1. The lowest BCUT2D eigenvalue weighted by molar-refractivity contribution is 0.969. The third-order valence-electron chi connectivity index (χ3n) is 1.53. The van der Waals surface area contributed by atoms with Crippen molar-refractivity contribution in [1.82, 2.24) is 0 Å². The second-order valence-electron chi connectivity index (χ2n) is 2.38. The van der Waals surface area contributed by atoms with Gasteiger partial charge in [0.1, 0.15) is 0 Å². The van der Waals surface area contributed by atoms with Gasteiger partial charge in [-0.2, -0.15) is 0 Å². The van der Waals surface area contributed by atoms with Gasteiger partial charge < -0.3 is 11.2 Å². The van der Waals surface area contributed by atoms with Crippen LogP contribution < -0.4 is 17.0 Å². The van der Waals surface area contributed by atoms with Gasteiger partial charge in [0.2, 0.25) is 0 Å². The van der Waals surface area contributed by atoms with Crippen molar-refractivity contribution in [3.63, 3.8) is 0 Å². The Kier molecular flexibility index (Phi) is 2.89. The fourth-order valence-corrected chi connectivity index (χ4v) is 0.983. The van der Waals surface area contributed by atoms with E-state index < -0.39 is 0 Å². The molecule has 60 valence electrons. The predicted octanol–water partition coefficient (Wildman–Crippen LogP) is 0.473. The Morgan fingerprint density at radius 1 is 1.36 bits per heavy atom. The minimum atomic E-state index is 0.675. The maximum absolute atomic E-state index is 5.40. The van der Waals surface area contributed by atoms with Crippen molar-refractivity contribution in [2.24, 2.45) is 11.6 Å². The van der Waals surface area contributed by atoms with Crippen LogP contribution in [0.3, 0.4) is 0 Å². The Hall–Kier alpha value is -1.06. The van der Waals surface area contributed by atoms with Crippen LogP contribution in [0.4, 0.5) is 5.69 Å². The van der Waals surface area contributed by atoms with Crippen LogP contribution in [0.15, 0.2) is 24.3 Å². The van der Waals surface area contributed by atoms with Gasteiger partial charge >= 0.3 is 0 Å². The lowest BCUT2D eigenvalue weighted by atomic mass is 10.1. The van der Waals surface area contributed by atoms with E-state index >= 15 is 0 Å². The van der Waals surface area contributed by atoms with E-state index in [0.717, 1.165) is 12.1 Å². The van der Waals surface area contributed by atoms with E-state index in [2.05, 4.69) is 5.43 Å². The van der Waals surface area contributed by atoms with Crippen LogP contribution in [0, 0.1) is 0 Å². The number of anilines is 1. The maximum atomic E-state index is 5.40. The zero-order chi connectivity index (χ0) is 8.10. The Labute approximate surface area is 66.4 Å². The van der Waals surface area contributed by atoms with Gasteiger partial charge in [-0.25, -0.2) is 0 Å².